The van der Waals surface area contributed by atoms with Crippen molar-refractivity contribution in [2.24, 2.45) is 0 Å². The first-order valence-electron chi connectivity index (χ1n) is 7.06. The van der Waals surface area contributed by atoms with Crippen molar-refractivity contribution in [3.63, 3.8) is 0 Å². The van der Waals surface area contributed by atoms with Gasteiger partial charge in [-0.25, -0.2) is 0 Å². The molecule has 0 aromatic heterocycles. The van der Waals surface area contributed by atoms with Gasteiger partial charge in [-0.15, -0.1) is 0 Å². The van der Waals surface area contributed by atoms with E-state index in [9.17, 15) is 0 Å². The van der Waals surface area contributed by atoms with E-state index in [0.717, 1.165) is 6.42 Å². The normalized spacial score (nSPS) is 10.7. The van der Waals surface area contributed by atoms with Crippen LogP contribution in [0.25, 0.3) is 0 Å². The molecular weight excluding hydrogens is 412 g/mol. The van der Waals surface area contributed by atoms with E-state index in [1.807, 2.05) is 0 Å². The van der Waals surface area contributed by atoms with Crippen LogP contribution in [0.2, 0.25) is 0 Å². The van der Waals surface area contributed by atoms with E-state index in [1.54, 1.807) is 19.4 Å². The van der Waals surface area contributed by atoms with Gasteiger partial charge in [0.15, 0.2) is 0 Å². The second-order valence-electron chi connectivity index (χ2n) is 5.69. The summed E-state index contributed by atoms with van der Waals surface area (Å²) in [6.07, 6.45) is 1.08. The molecule has 0 aliphatic rings. The van der Waals surface area contributed by atoms with Crippen LogP contribution >= 0.6 is 0 Å². The number of hydrogen-bond acceptors (Lipinski definition) is 0. The molecule has 1 heteroatoms. The molecule has 2 rings (SSSR count). The Balaban J connectivity index is 2.31. The second kappa shape index (κ2) is 6.18. The minimum absolute atomic E-state index is 1.08. The molecule has 0 saturated heterocycles. The zero-order valence-electron chi connectivity index (χ0n) is 13.0. The zero-order chi connectivity index (χ0) is 14.9. The number of aryl methyl sites for hydroxylation is 2. The Hall–Kier alpha value is -1.00. The van der Waals surface area contributed by atoms with E-state index in [-0.39, 0.29) is 0 Å². The van der Waals surface area contributed by atoms with Crippen molar-refractivity contribution in [1.82, 2.24) is 0 Å². The first kappa shape index (κ1) is 15.4. The Kier molecular flexibility index (Phi) is 4.76. The maximum atomic E-state index is 2.37. The summed E-state index contributed by atoms with van der Waals surface area (Å²) in [5.41, 5.74) is 9.96. The van der Waals surface area contributed by atoms with Crippen LogP contribution in [0, 0.1) is 34.6 Å². The molecule has 104 valence electrons. The topological polar surface area (TPSA) is 0 Å². The summed E-state index contributed by atoms with van der Waals surface area (Å²) in [7, 11) is 0. The van der Waals surface area contributed by atoms with E-state index in [4.69, 9.17) is 0 Å². The van der Waals surface area contributed by atoms with Gasteiger partial charge in [0.1, 0.15) is 0 Å². The summed E-state index contributed by atoms with van der Waals surface area (Å²) < 4.78 is 1.52. The molecule has 0 atom stereocenters. The first-order chi connectivity index (χ1) is 9.40. The number of hydrogen-bond donors (Lipinski definition) is 0. The summed E-state index contributed by atoms with van der Waals surface area (Å²) in [6, 6.07) is 11.3. The zero-order valence-corrected chi connectivity index (χ0v) is 15.9. The molecule has 0 N–H and O–H groups in total. The predicted molar refractivity (Wildman–Crippen MR) is 84.4 cm³/mol. The Bertz CT molecular complexity index is 648. The van der Waals surface area contributed by atoms with Crippen LogP contribution in [0.5, 0.6) is 0 Å². The first-order valence-corrected chi connectivity index (χ1v) is 8.53. The van der Waals surface area contributed by atoms with Crippen LogP contribution in [0.4, 0.5) is 0 Å². The van der Waals surface area contributed by atoms with E-state index in [0.29, 0.717) is 0 Å². The van der Waals surface area contributed by atoms with Gasteiger partial charge in [-0.1, -0.05) is 0 Å². The molecule has 0 heterocycles. The van der Waals surface area contributed by atoms with Crippen molar-refractivity contribution in [3.05, 3.63) is 69.3 Å². The van der Waals surface area contributed by atoms with Gasteiger partial charge in [0, 0.05) is 0 Å². The van der Waals surface area contributed by atoms with Gasteiger partial charge in [0.05, 0.1) is 0 Å². The van der Waals surface area contributed by atoms with E-state index >= 15 is 0 Å². The number of rotatable bonds is 3. The van der Waals surface area contributed by atoms with Crippen LogP contribution in [-0.2, 0) is 25.8 Å². The van der Waals surface area contributed by atoms with Crippen molar-refractivity contribution in [3.8, 4) is 0 Å². The molecule has 2 aromatic carbocycles. The quantitative estimate of drug-likeness (QED) is 0.666. The molecule has 0 nitrogen and oxygen atoms in total. The molecule has 0 unspecified atom stereocenters. The molecule has 0 spiro atoms. The van der Waals surface area contributed by atoms with Crippen LogP contribution < -0.4 is 0 Å². The molecule has 0 fully saturated rings. The van der Waals surface area contributed by atoms with Gasteiger partial charge in [-0.3, -0.25) is 0 Å². The van der Waals surface area contributed by atoms with Gasteiger partial charge in [0.2, 0.25) is 0 Å². The fourth-order valence-electron chi connectivity index (χ4n) is 2.49. The third-order valence-corrected chi connectivity index (χ3v) is 5.68. The number of benzene rings is 2. The molecule has 0 radical (unpaired) electrons. The van der Waals surface area contributed by atoms with Crippen LogP contribution in [0.15, 0.2) is 30.3 Å². The maximum absolute atomic E-state index is 2.37. The van der Waals surface area contributed by atoms with E-state index in [2.05, 4.69) is 65.0 Å². The van der Waals surface area contributed by atoms with Crippen LogP contribution in [0.1, 0.15) is 38.9 Å². The van der Waals surface area contributed by atoms with Gasteiger partial charge in [-0.05, 0) is 0 Å². The summed E-state index contributed by atoms with van der Waals surface area (Å²) in [5, 5.41) is 0. The molecule has 0 aliphatic heterocycles. The van der Waals surface area contributed by atoms with Crippen molar-refractivity contribution in [2.45, 2.75) is 41.0 Å². The predicted octanol–water partition coefficient (Wildman–Crippen LogP) is 4.54. The minimum atomic E-state index is 1.08. The van der Waals surface area contributed by atoms with Crippen molar-refractivity contribution in [1.29, 1.82) is 0 Å². The van der Waals surface area contributed by atoms with Crippen molar-refractivity contribution >= 4 is 3.90 Å². The average molecular weight is 434 g/mol. The standard InChI is InChI=1S/C19H22.W/c1-13-6-8-18(9-7-13)10-11-19-12-14(2)15(3)16(4)17(19)5;/h6-9,12H,11H2,1-5H3;. The Labute approximate surface area is 133 Å². The Morgan fingerprint density at radius 1 is 0.850 bits per heavy atom. The molecule has 0 saturated carbocycles. The average Bonchev–Trinajstić information content (AvgIpc) is 2.43. The van der Waals surface area contributed by atoms with Crippen LogP contribution in [-0.4, -0.2) is 3.90 Å². The molecule has 0 amide bonds. The van der Waals surface area contributed by atoms with Gasteiger partial charge < -0.3 is 0 Å². The van der Waals surface area contributed by atoms with Gasteiger partial charge >= 0.3 is 134 Å². The van der Waals surface area contributed by atoms with Gasteiger partial charge in [0.25, 0.3) is 0 Å². The summed E-state index contributed by atoms with van der Waals surface area (Å²) in [6.45, 7) is 11.1. The summed E-state index contributed by atoms with van der Waals surface area (Å²) in [4.78, 5) is 0. The molecule has 0 aliphatic carbocycles. The fourth-order valence-corrected chi connectivity index (χ4v) is 3.54. The molecule has 2 aromatic rings. The molecule has 0 bridgehead atoms. The monoisotopic (exact) mass is 434 g/mol. The SMILES string of the molecule is Cc1ccc([C](=[W])Cc2cc(C)c(C)c(C)c2C)cc1. The Morgan fingerprint density at radius 2 is 1.45 bits per heavy atom. The Morgan fingerprint density at radius 3 is 2.05 bits per heavy atom. The second-order valence-corrected chi connectivity index (χ2v) is 7.46. The summed E-state index contributed by atoms with van der Waals surface area (Å²) in [5.74, 6) is 0. The van der Waals surface area contributed by atoms with Crippen molar-refractivity contribution < 1.29 is 19.4 Å². The third-order valence-electron chi connectivity index (χ3n) is 4.31. The fraction of sp³-hybridized carbons (Fsp3) is 0.316. The molecule has 20 heavy (non-hydrogen) atoms. The van der Waals surface area contributed by atoms with Crippen molar-refractivity contribution in [2.75, 3.05) is 0 Å². The summed E-state index contributed by atoms with van der Waals surface area (Å²) >= 11 is 1.57. The van der Waals surface area contributed by atoms with Crippen LogP contribution in [0.3, 0.4) is 0 Å². The van der Waals surface area contributed by atoms with E-state index < -0.39 is 0 Å². The van der Waals surface area contributed by atoms with E-state index in [1.165, 1.54) is 42.8 Å². The van der Waals surface area contributed by atoms with Gasteiger partial charge in [-0.2, -0.15) is 0 Å². The molecular formula is C19H22W. The third kappa shape index (κ3) is 3.18.